The number of fused-ring (bicyclic) bond motifs is 12. The number of aromatic nitrogens is 3. The third-order valence-corrected chi connectivity index (χ3v) is 21.5. The van der Waals surface area contributed by atoms with Gasteiger partial charge in [0.2, 0.25) is 0 Å². The molecule has 4 unspecified atom stereocenters. The fourth-order valence-corrected chi connectivity index (χ4v) is 18.3. The smallest absolute Gasteiger partial charge is 0.0728 e. The van der Waals surface area contributed by atoms with E-state index in [1.54, 1.807) is 49.4 Å². The van der Waals surface area contributed by atoms with Gasteiger partial charge in [-0.2, -0.15) is 0 Å². The number of pyridine rings is 2. The number of nitrogens with zero attached hydrogens (tertiary/aromatic N) is 3. The zero-order valence-corrected chi connectivity index (χ0v) is 41.2. The molecule has 3 aromatic carbocycles. The van der Waals surface area contributed by atoms with Crippen molar-refractivity contribution < 1.29 is 0 Å². The number of benzene rings is 3. The summed E-state index contributed by atoms with van der Waals surface area (Å²) in [7, 11) is 0. The second-order valence-corrected chi connectivity index (χ2v) is 27.2. The molecule has 332 valence electrons. The van der Waals surface area contributed by atoms with Crippen LogP contribution in [0.2, 0.25) is 0 Å². The Morgan fingerprint density at radius 1 is 0.492 bits per heavy atom. The summed E-state index contributed by atoms with van der Waals surface area (Å²) < 4.78 is 2.78. The molecule has 3 nitrogen and oxygen atoms in total. The fourth-order valence-electron chi connectivity index (χ4n) is 18.3. The Morgan fingerprint density at radius 2 is 0.877 bits per heavy atom. The van der Waals surface area contributed by atoms with Crippen LogP contribution in [0.5, 0.6) is 0 Å². The van der Waals surface area contributed by atoms with Crippen molar-refractivity contribution in [2.75, 3.05) is 0 Å². The van der Waals surface area contributed by atoms with Crippen LogP contribution < -0.4 is 0 Å². The van der Waals surface area contributed by atoms with Crippen molar-refractivity contribution in [2.24, 2.45) is 23.7 Å². The van der Waals surface area contributed by atoms with E-state index >= 15 is 0 Å². The highest BCUT2D eigenvalue weighted by molar-refractivity contribution is 6.33. The quantitative estimate of drug-likeness (QED) is 0.152. The topological polar surface area (TPSA) is 30.2 Å². The molecule has 7 aromatic rings. The van der Waals surface area contributed by atoms with Gasteiger partial charge in [-0.15, -0.1) is 0 Å². The molecule has 10 aliphatic rings. The van der Waals surface area contributed by atoms with Crippen LogP contribution in [0.25, 0.3) is 60.3 Å². The van der Waals surface area contributed by atoms with Crippen LogP contribution in [-0.2, 0) is 27.1 Å². The molecule has 0 saturated heterocycles. The minimum absolute atomic E-state index is 0.0400. The number of rotatable bonds is 0. The zero-order valence-electron chi connectivity index (χ0n) is 41.2. The molecule has 0 aliphatic heterocycles. The Morgan fingerprint density at radius 3 is 1.26 bits per heavy atom. The van der Waals surface area contributed by atoms with E-state index in [2.05, 4.69) is 129 Å². The van der Waals surface area contributed by atoms with Gasteiger partial charge in [-0.1, -0.05) is 113 Å². The second-order valence-electron chi connectivity index (χ2n) is 27.2. The molecule has 8 bridgehead atoms. The zero-order chi connectivity index (χ0) is 44.4. The maximum absolute atomic E-state index is 5.73. The van der Waals surface area contributed by atoms with E-state index in [4.69, 9.17) is 9.97 Å². The molecule has 4 atom stereocenters. The first kappa shape index (κ1) is 38.8. The highest BCUT2D eigenvalue weighted by atomic mass is 15.0. The lowest BCUT2D eigenvalue weighted by Gasteiger charge is -2.61. The number of hydrogen-bond donors (Lipinski definition) is 0. The normalized spacial score (nSPS) is 31.9. The first-order valence-corrected chi connectivity index (χ1v) is 26.3. The maximum atomic E-state index is 5.73. The van der Waals surface area contributed by atoms with Gasteiger partial charge in [-0.05, 0) is 172 Å². The van der Waals surface area contributed by atoms with Gasteiger partial charge in [0.15, 0.2) is 0 Å². The SMILES string of the molecule is CC(C)(C)c1ccc2c(c1)C(C)(C)C1(C)c3c-2c2c4c5c(ncc4n4c6cnc7c(c6c(c3-c3ccc(C(C)(C)C)cc3C1(C)C)c24)C1CC2CC(CC7C2)C1)C1CC2CC(C1)CC5C2. The van der Waals surface area contributed by atoms with Crippen LogP contribution in [0.3, 0.4) is 0 Å². The summed E-state index contributed by atoms with van der Waals surface area (Å²) in [5, 5.41) is 6.22. The molecule has 4 fully saturated rings. The van der Waals surface area contributed by atoms with Crippen LogP contribution >= 0.6 is 0 Å². The van der Waals surface area contributed by atoms with E-state index < -0.39 is 0 Å². The predicted molar refractivity (Wildman–Crippen MR) is 269 cm³/mol. The van der Waals surface area contributed by atoms with Crippen molar-refractivity contribution in [3.8, 4) is 22.3 Å². The van der Waals surface area contributed by atoms with Gasteiger partial charge in [0.05, 0.1) is 28.9 Å². The summed E-state index contributed by atoms with van der Waals surface area (Å²) in [4.78, 5) is 11.5. The second kappa shape index (κ2) is 11.7. The van der Waals surface area contributed by atoms with Gasteiger partial charge in [-0.3, -0.25) is 9.97 Å². The first-order valence-electron chi connectivity index (χ1n) is 26.3. The van der Waals surface area contributed by atoms with Gasteiger partial charge in [0, 0.05) is 61.0 Å². The molecule has 0 N–H and O–H groups in total. The monoisotopic (exact) mass is 856 g/mol. The van der Waals surface area contributed by atoms with E-state index in [-0.39, 0.29) is 27.1 Å². The van der Waals surface area contributed by atoms with E-state index in [0.29, 0.717) is 23.7 Å². The van der Waals surface area contributed by atoms with Crippen molar-refractivity contribution >= 4 is 38.1 Å². The van der Waals surface area contributed by atoms with Gasteiger partial charge < -0.3 is 4.40 Å². The Kier molecular flexibility index (Phi) is 6.99. The van der Waals surface area contributed by atoms with Crippen molar-refractivity contribution in [2.45, 2.75) is 191 Å². The maximum Gasteiger partial charge on any atom is 0.0728 e. The Balaban J connectivity index is 1.22. The van der Waals surface area contributed by atoms with E-state index in [1.807, 2.05) is 0 Å². The van der Waals surface area contributed by atoms with Gasteiger partial charge in [-0.25, -0.2) is 0 Å². The van der Waals surface area contributed by atoms with Gasteiger partial charge >= 0.3 is 0 Å². The molecule has 3 heteroatoms. The van der Waals surface area contributed by atoms with Gasteiger partial charge in [0.1, 0.15) is 0 Å². The Hall–Kier alpha value is -4.24. The average molecular weight is 856 g/mol. The van der Waals surface area contributed by atoms with Crippen LogP contribution in [0.15, 0.2) is 48.8 Å². The third kappa shape index (κ3) is 4.45. The minimum atomic E-state index is -0.247. The largest absolute Gasteiger partial charge is 0.305 e. The van der Waals surface area contributed by atoms with Crippen molar-refractivity contribution in [3.05, 3.63) is 99.1 Å². The lowest BCUT2D eigenvalue weighted by Crippen LogP contribution is -2.58. The molecular formula is C62H69N3. The Labute approximate surface area is 386 Å². The van der Waals surface area contributed by atoms with Crippen molar-refractivity contribution in [1.29, 1.82) is 0 Å². The lowest BCUT2D eigenvalue weighted by atomic mass is 9.41. The first-order chi connectivity index (χ1) is 30.8. The summed E-state index contributed by atoms with van der Waals surface area (Å²) >= 11 is 0. The average Bonchev–Trinajstić information content (AvgIpc) is 3.63. The highest BCUT2D eigenvalue weighted by Crippen LogP contribution is 2.71. The molecule has 17 rings (SSSR count). The lowest BCUT2D eigenvalue weighted by molar-refractivity contribution is 0.157. The molecule has 4 heterocycles. The molecule has 10 aliphatic carbocycles. The van der Waals surface area contributed by atoms with Crippen molar-refractivity contribution in [3.63, 3.8) is 0 Å². The van der Waals surface area contributed by atoms with Crippen molar-refractivity contribution in [1.82, 2.24) is 14.4 Å². The van der Waals surface area contributed by atoms with E-state index in [0.717, 1.165) is 23.7 Å². The predicted octanol–water partition coefficient (Wildman–Crippen LogP) is 16.2. The molecule has 0 radical (unpaired) electrons. The van der Waals surface area contributed by atoms with E-state index in [1.165, 1.54) is 126 Å². The fraction of sp³-hybridized carbons (Fsp3) is 0.548. The Bertz CT molecular complexity index is 3080. The third-order valence-electron chi connectivity index (χ3n) is 21.5. The van der Waals surface area contributed by atoms with Crippen LogP contribution in [0.4, 0.5) is 0 Å². The standard InChI is InChI=1S/C62H69N3/c1-58(2,3)38-12-14-40-42(26-38)60(7,8)62(11)54-48(40)52-50-44(28-63-55-36-22-30-16-31(23-36)19-34(18-30)46(50)55)65-45-29-64-56-37-24-32-17-33(25-37)21-35(20-32)47(56)51(45)53(57(52)65)49(54)41-15-13-39(59(4,5)6)27-43(41)61(62,9)10/h12-15,26-37H,16-25H2,1-11H3. The molecule has 0 amide bonds. The summed E-state index contributed by atoms with van der Waals surface area (Å²) in [6.07, 6.45) is 18.3. The molecule has 4 saturated carbocycles. The summed E-state index contributed by atoms with van der Waals surface area (Å²) in [6, 6.07) is 15.6. The minimum Gasteiger partial charge on any atom is -0.305 e. The van der Waals surface area contributed by atoms with Crippen LogP contribution in [-0.4, -0.2) is 14.4 Å². The summed E-state index contributed by atoms with van der Waals surface area (Å²) in [5.41, 5.74) is 23.5. The van der Waals surface area contributed by atoms with Gasteiger partial charge in [0.25, 0.3) is 0 Å². The van der Waals surface area contributed by atoms with E-state index in [9.17, 15) is 0 Å². The number of hydrogen-bond acceptors (Lipinski definition) is 2. The molecule has 65 heavy (non-hydrogen) atoms. The van der Waals surface area contributed by atoms with Crippen LogP contribution in [0.1, 0.15) is 214 Å². The van der Waals surface area contributed by atoms with Crippen LogP contribution in [0, 0.1) is 23.7 Å². The molecule has 0 spiro atoms. The molecule has 4 aromatic heterocycles. The summed E-state index contributed by atoms with van der Waals surface area (Å²) in [6.45, 7) is 27.7. The highest BCUT2D eigenvalue weighted by Gasteiger charge is 2.62. The molecular weight excluding hydrogens is 787 g/mol. The summed E-state index contributed by atoms with van der Waals surface area (Å²) in [5.74, 6) is 5.70.